The summed E-state index contributed by atoms with van der Waals surface area (Å²) in [7, 11) is 0. The number of ether oxygens (including phenoxy) is 1. The van der Waals surface area contributed by atoms with Gasteiger partial charge in [0.15, 0.2) is 0 Å². The van der Waals surface area contributed by atoms with Gasteiger partial charge in [-0.3, -0.25) is 4.79 Å². The van der Waals surface area contributed by atoms with Crippen molar-refractivity contribution in [3.8, 4) is 11.8 Å². The molecule has 3 rings (SSSR count). The van der Waals surface area contributed by atoms with Crippen LogP contribution in [0.25, 0.3) is 6.08 Å². The summed E-state index contributed by atoms with van der Waals surface area (Å²) in [4.78, 5) is 12.5. The molecule has 4 nitrogen and oxygen atoms in total. The van der Waals surface area contributed by atoms with E-state index in [9.17, 15) is 14.4 Å². The third-order valence-electron chi connectivity index (χ3n) is 4.54. The third-order valence-corrected chi connectivity index (χ3v) is 4.54. The maximum absolute atomic E-state index is 13.8. The molecule has 1 amide bonds. The first kappa shape index (κ1) is 20.8. The molecule has 150 valence electrons. The highest BCUT2D eigenvalue weighted by atomic mass is 19.1. The second kappa shape index (κ2) is 10.0. The maximum atomic E-state index is 13.8. The minimum absolute atomic E-state index is 0.0371. The van der Waals surface area contributed by atoms with E-state index in [4.69, 9.17) is 4.74 Å². The summed E-state index contributed by atoms with van der Waals surface area (Å²) in [5.74, 6) is -0.407. The van der Waals surface area contributed by atoms with Crippen molar-refractivity contribution >= 4 is 17.7 Å². The number of carbonyl (C=O) groups is 1. The first-order chi connectivity index (χ1) is 14.6. The molecular weight excluding hydrogens is 379 g/mol. The van der Waals surface area contributed by atoms with Gasteiger partial charge in [-0.25, -0.2) is 4.39 Å². The molecule has 0 aliphatic carbocycles. The summed E-state index contributed by atoms with van der Waals surface area (Å²) >= 11 is 0. The van der Waals surface area contributed by atoms with Gasteiger partial charge in [0, 0.05) is 16.8 Å². The van der Waals surface area contributed by atoms with Gasteiger partial charge in [0.05, 0.1) is 0 Å². The Labute approximate surface area is 175 Å². The Hall–Kier alpha value is -3.91. The summed E-state index contributed by atoms with van der Waals surface area (Å²) in [6, 6.07) is 22.8. The number of nitrogens with one attached hydrogen (secondary N) is 1. The summed E-state index contributed by atoms with van der Waals surface area (Å²) < 4.78 is 19.6. The van der Waals surface area contributed by atoms with E-state index in [-0.39, 0.29) is 18.0 Å². The van der Waals surface area contributed by atoms with Crippen LogP contribution in [0.3, 0.4) is 0 Å². The Morgan fingerprint density at radius 2 is 1.77 bits per heavy atom. The van der Waals surface area contributed by atoms with Crippen LogP contribution in [0.4, 0.5) is 10.1 Å². The van der Waals surface area contributed by atoms with Crippen LogP contribution in [0, 0.1) is 17.1 Å². The highest BCUT2D eigenvalue weighted by Gasteiger charge is 2.12. The molecule has 3 aromatic carbocycles. The highest BCUT2D eigenvalue weighted by Crippen LogP contribution is 2.23. The van der Waals surface area contributed by atoms with Crippen LogP contribution >= 0.6 is 0 Å². The normalized spacial score (nSPS) is 10.9. The maximum Gasteiger partial charge on any atom is 0.266 e. The Kier molecular flexibility index (Phi) is 6.96. The fourth-order valence-corrected chi connectivity index (χ4v) is 2.83. The van der Waals surface area contributed by atoms with Gasteiger partial charge in [0.2, 0.25) is 0 Å². The zero-order valence-electron chi connectivity index (χ0n) is 16.6. The Bertz CT molecular complexity index is 1100. The van der Waals surface area contributed by atoms with Crippen molar-refractivity contribution in [3.63, 3.8) is 0 Å². The van der Waals surface area contributed by atoms with Gasteiger partial charge in [-0.1, -0.05) is 55.5 Å². The summed E-state index contributed by atoms with van der Waals surface area (Å²) in [6.07, 6.45) is 2.37. The van der Waals surface area contributed by atoms with Crippen molar-refractivity contribution in [2.75, 3.05) is 5.32 Å². The van der Waals surface area contributed by atoms with Crippen LogP contribution in [-0.2, 0) is 17.8 Å². The van der Waals surface area contributed by atoms with Crippen LogP contribution in [0.1, 0.15) is 23.6 Å². The fourth-order valence-electron chi connectivity index (χ4n) is 2.83. The molecule has 3 aromatic rings. The van der Waals surface area contributed by atoms with E-state index in [0.29, 0.717) is 22.6 Å². The molecule has 0 heterocycles. The van der Waals surface area contributed by atoms with Crippen LogP contribution in [0.15, 0.2) is 78.4 Å². The number of halogens is 1. The molecule has 0 spiro atoms. The lowest BCUT2D eigenvalue weighted by molar-refractivity contribution is -0.112. The minimum atomic E-state index is -0.509. The lowest BCUT2D eigenvalue weighted by Crippen LogP contribution is -2.13. The average Bonchev–Trinajstić information content (AvgIpc) is 2.78. The zero-order valence-corrected chi connectivity index (χ0v) is 16.6. The number of carbonyl (C=O) groups excluding carboxylic acids is 1. The molecule has 0 saturated carbocycles. The predicted octanol–water partition coefficient (Wildman–Crippen LogP) is 5.51. The predicted molar refractivity (Wildman–Crippen MR) is 115 cm³/mol. The van der Waals surface area contributed by atoms with Crippen LogP contribution in [0.5, 0.6) is 5.75 Å². The first-order valence-corrected chi connectivity index (χ1v) is 9.58. The van der Waals surface area contributed by atoms with Gasteiger partial charge < -0.3 is 10.1 Å². The minimum Gasteiger partial charge on any atom is -0.488 e. The van der Waals surface area contributed by atoms with E-state index in [1.165, 1.54) is 12.1 Å². The average molecular weight is 400 g/mol. The number of nitrogens with zero attached hydrogens (tertiary/aromatic N) is 1. The number of para-hydroxylation sites is 1. The molecule has 0 unspecified atom stereocenters. The monoisotopic (exact) mass is 400 g/mol. The van der Waals surface area contributed by atoms with Crippen LogP contribution in [0.2, 0.25) is 0 Å². The fraction of sp³-hybridized carbons (Fsp3) is 0.120. The lowest BCUT2D eigenvalue weighted by Gasteiger charge is -2.10. The van der Waals surface area contributed by atoms with E-state index in [1.54, 1.807) is 54.6 Å². The number of hydrogen-bond donors (Lipinski definition) is 1. The molecule has 0 fully saturated rings. The van der Waals surface area contributed by atoms with E-state index < -0.39 is 5.91 Å². The molecule has 0 atom stereocenters. The number of aryl methyl sites for hydroxylation is 1. The van der Waals surface area contributed by atoms with Crippen LogP contribution in [-0.4, -0.2) is 5.91 Å². The van der Waals surface area contributed by atoms with Crippen molar-refractivity contribution in [3.05, 3.63) is 101 Å². The van der Waals surface area contributed by atoms with Gasteiger partial charge in [-0.15, -0.1) is 0 Å². The van der Waals surface area contributed by atoms with Crippen molar-refractivity contribution in [2.45, 2.75) is 20.0 Å². The largest absolute Gasteiger partial charge is 0.488 e. The van der Waals surface area contributed by atoms with Crippen LogP contribution < -0.4 is 10.1 Å². The Morgan fingerprint density at radius 1 is 1.07 bits per heavy atom. The second-order valence-electron chi connectivity index (χ2n) is 6.59. The molecule has 0 aliphatic heterocycles. The second-order valence-corrected chi connectivity index (χ2v) is 6.59. The molecule has 0 bridgehead atoms. The molecule has 0 aromatic heterocycles. The van der Waals surface area contributed by atoms with Crippen molar-refractivity contribution in [2.24, 2.45) is 0 Å². The third kappa shape index (κ3) is 5.33. The summed E-state index contributed by atoms with van der Waals surface area (Å²) in [6.45, 7) is 2.09. The number of anilines is 1. The first-order valence-electron chi connectivity index (χ1n) is 9.58. The smallest absolute Gasteiger partial charge is 0.266 e. The Balaban J connectivity index is 1.77. The zero-order chi connectivity index (χ0) is 21.3. The molecular formula is C25H21FN2O2. The molecule has 1 N–H and O–H groups in total. The SMILES string of the molecule is CCc1ccc(NC(=O)/C(C#N)=C/c2ccccc2OCc2ccccc2F)cc1. The topological polar surface area (TPSA) is 62.1 Å². The van der Waals surface area contributed by atoms with Crippen molar-refractivity contribution < 1.29 is 13.9 Å². The summed E-state index contributed by atoms with van der Waals surface area (Å²) in [5.41, 5.74) is 2.69. The highest BCUT2D eigenvalue weighted by molar-refractivity contribution is 6.09. The van der Waals surface area contributed by atoms with Gasteiger partial charge in [0.1, 0.15) is 29.8 Å². The van der Waals surface area contributed by atoms with Gasteiger partial charge in [-0.2, -0.15) is 5.26 Å². The standard InChI is InChI=1S/C25H21FN2O2/c1-2-18-11-13-22(14-12-18)28-25(29)21(16-27)15-19-7-4-6-10-24(19)30-17-20-8-3-5-9-23(20)26/h3-15H,2,17H2,1H3,(H,28,29)/b21-15+. The molecule has 0 aliphatic rings. The number of amides is 1. The van der Waals surface area contributed by atoms with E-state index in [1.807, 2.05) is 18.2 Å². The number of rotatable bonds is 7. The molecule has 0 saturated heterocycles. The van der Waals surface area contributed by atoms with Gasteiger partial charge in [0.25, 0.3) is 5.91 Å². The van der Waals surface area contributed by atoms with Crippen molar-refractivity contribution in [1.29, 1.82) is 5.26 Å². The molecule has 30 heavy (non-hydrogen) atoms. The summed E-state index contributed by atoms with van der Waals surface area (Å²) in [5, 5.41) is 12.2. The Morgan fingerprint density at radius 3 is 2.47 bits per heavy atom. The number of nitriles is 1. The number of benzene rings is 3. The van der Waals surface area contributed by atoms with Gasteiger partial charge in [-0.05, 0) is 42.3 Å². The number of hydrogen-bond acceptors (Lipinski definition) is 3. The van der Waals surface area contributed by atoms with E-state index in [2.05, 4.69) is 12.2 Å². The molecule has 5 heteroatoms. The molecule has 0 radical (unpaired) electrons. The van der Waals surface area contributed by atoms with Gasteiger partial charge >= 0.3 is 0 Å². The lowest BCUT2D eigenvalue weighted by atomic mass is 10.1. The quantitative estimate of drug-likeness (QED) is 0.420. The van der Waals surface area contributed by atoms with E-state index in [0.717, 1.165) is 12.0 Å². The van der Waals surface area contributed by atoms with Crippen molar-refractivity contribution in [1.82, 2.24) is 0 Å². The van der Waals surface area contributed by atoms with E-state index >= 15 is 0 Å².